The smallest absolute Gasteiger partial charge is 0.308 e. The van der Waals surface area contributed by atoms with Crippen molar-refractivity contribution >= 4 is 16.9 Å². The maximum Gasteiger partial charge on any atom is 0.308 e. The van der Waals surface area contributed by atoms with E-state index < -0.39 is 5.97 Å². The third-order valence-corrected chi connectivity index (χ3v) is 3.61. The number of hydrogen-bond donors (Lipinski definition) is 0. The number of hydrogen-bond acceptors (Lipinski definition) is 6. The molecule has 0 aliphatic heterocycles. The first-order valence-corrected chi connectivity index (χ1v) is 8.15. The molecule has 0 bridgehead atoms. The monoisotopic (exact) mass is 354 g/mol. The lowest BCUT2D eigenvalue weighted by atomic mass is 10.2. The van der Waals surface area contributed by atoms with Crippen LogP contribution in [0.4, 0.5) is 0 Å². The lowest BCUT2D eigenvalue weighted by Crippen LogP contribution is -2.08. The van der Waals surface area contributed by atoms with E-state index in [1.807, 2.05) is 13.0 Å². The fraction of sp³-hybridized carbons (Fsp3) is 0.200. The molecule has 2 aromatic carbocycles. The number of para-hydroxylation sites is 2. The highest BCUT2D eigenvalue weighted by Gasteiger charge is 2.16. The minimum absolute atomic E-state index is 0.0879. The second-order valence-electron chi connectivity index (χ2n) is 5.55. The van der Waals surface area contributed by atoms with Crippen molar-refractivity contribution in [3.8, 4) is 23.0 Å². The minimum atomic E-state index is -0.448. The van der Waals surface area contributed by atoms with E-state index in [1.165, 1.54) is 19.1 Å². The Morgan fingerprint density at radius 3 is 2.54 bits per heavy atom. The average molecular weight is 354 g/mol. The van der Waals surface area contributed by atoms with Crippen molar-refractivity contribution in [1.82, 2.24) is 0 Å². The van der Waals surface area contributed by atoms with E-state index in [4.69, 9.17) is 18.6 Å². The van der Waals surface area contributed by atoms with Crippen molar-refractivity contribution in [3.63, 3.8) is 0 Å². The normalized spacial score (nSPS) is 10.6. The number of carbonyl (C=O) groups is 1. The quantitative estimate of drug-likeness (QED) is 0.504. The zero-order chi connectivity index (χ0) is 18.7. The summed E-state index contributed by atoms with van der Waals surface area (Å²) in [5, 5.41) is 0.329. The fourth-order valence-corrected chi connectivity index (χ4v) is 2.54. The van der Waals surface area contributed by atoms with Gasteiger partial charge >= 0.3 is 5.97 Å². The van der Waals surface area contributed by atoms with Gasteiger partial charge in [0.25, 0.3) is 0 Å². The number of ether oxygens (including phenoxy) is 3. The van der Waals surface area contributed by atoms with Crippen molar-refractivity contribution in [3.05, 3.63) is 58.4 Å². The van der Waals surface area contributed by atoms with E-state index in [9.17, 15) is 9.59 Å². The number of benzene rings is 2. The summed E-state index contributed by atoms with van der Waals surface area (Å²) in [6.45, 7) is 5.29. The molecule has 0 N–H and O–H groups in total. The predicted octanol–water partition coefficient (Wildman–Crippen LogP) is 4.22. The molecule has 6 heteroatoms. The van der Waals surface area contributed by atoms with Crippen molar-refractivity contribution < 1.29 is 23.4 Å². The first-order valence-electron chi connectivity index (χ1n) is 8.15. The van der Waals surface area contributed by atoms with Gasteiger partial charge in [-0.1, -0.05) is 12.1 Å². The zero-order valence-corrected chi connectivity index (χ0v) is 14.7. The summed E-state index contributed by atoms with van der Waals surface area (Å²) in [5.41, 5.74) is 0.00104. The molecule has 0 radical (unpaired) electrons. The van der Waals surface area contributed by atoms with Crippen LogP contribution in [0.25, 0.3) is 11.0 Å². The minimum Gasteiger partial charge on any atom is -0.490 e. The van der Waals surface area contributed by atoms with Crippen LogP contribution in [0.5, 0.6) is 23.0 Å². The second-order valence-corrected chi connectivity index (χ2v) is 5.55. The number of rotatable bonds is 5. The SMILES string of the molecule is CCOc1ccccc1Oc1c(C)oc2cc(OC(C)=O)ccc2c1=O. The van der Waals surface area contributed by atoms with Gasteiger partial charge in [-0.2, -0.15) is 0 Å². The number of aryl methyl sites for hydroxylation is 1. The molecule has 0 saturated heterocycles. The van der Waals surface area contributed by atoms with Crippen LogP contribution in [-0.2, 0) is 4.79 Å². The summed E-state index contributed by atoms with van der Waals surface area (Å²) < 4.78 is 22.1. The first kappa shape index (κ1) is 17.5. The molecular formula is C20H18O6. The Morgan fingerprint density at radius 1 is 1.12 bits per heavy atom. The lowest BCUT2D eigenvalue weighted by molar-refractivity contribution is -0.131. The molecule has 0 fully saturated rings. The topological polar surface area (TPSA) is 75.0 Å². The molecule has 6 nitrogen and oxygen atoms in total. The second kappa shape index (κ2) is 7.31. The maximum atomic E-state index is 12.8. The summed E-state index contributed by atoms with van der Waals surface area (Å²) in [4.78, 5) is 23.9. The third kappa shape index (κ3) is 3.54. The summed E-state index contributed by atoms with van der Waals surface area (Å²) in [7, 11) is 0. The Hall–Kier alpha value is -3.28. The molecule has 26 heavy (non-hydrogen) atoms. The third-order valence-electron chi connectivity index (χ3n) is 3.61. The first-order chi connectivity index (χ1) is 12.5. The van der Waals surface area contributed by atoms with Crippen molar-refractivity contribution in [2.24, 2.45) is 0 Å². The van der Waals surface area contributed by atoms with Crippen LogP contribution in [0.2, 0.25) is 0 Å². The summed E-state index contributed by atoms with van der Waals surface area (Å²) >= 11 is 0. The van der Waals surface area contributed by atoms with Gasteiger partial charge in [-0.05, 0) is 38.1 Å². The van der Waals surface area contributed by atoms with Gasteiger partial charge in [0.15, 0.2) is 11.5 Å². The highest BCUT2D eigenvalue weighted by molar-refractivity contribution is 5.81. The Balaban J connectivity index is 2.05. The molecule has 0 aliphatic carbocycles. The Kier molecular flexibility index (Phi) is 4.93. The molecular weight excluding hydrogens is 336 g/mol. The molecule has 1 aromatic heterocycles. The molecule has 134 valence electrons. The Morgan fingerprint density at radius 2 is 1.85 bits per heavy atom. The summed E-state index contributed by atoms with van der Waals surface area (Å²) in [6.07, 6.45) is 0. The van der Waals surface area contributed by atoms with Gasteiger partial charge in [0.1, 0.15) is 17.1 Å². The standard InChI is InChI=1S/C20H18O6/c1-4-23-16-7-5-6-8-17(16)26-20-12(2)24-18-11-14(25-13(3)21)9-10-15(18)19(20)22/h5-11H,4H2,1-3H3. The van der Waals surface area contributed by atoms with Crippen LogP contribution in [0.3, 0.4) is 0 Å². The van der Waals surface area contributed by atoms with Crippen LogP contribution in [0, 0.1) is 6.92 Å². The molecule has 0 saturated carbocycles. The predicted molar refractivity (Wildman–Crippen MR) is 96.2 cm³/mol. The van der Waals surface area contributed by atoms with E-state index in [0.717, 1.165) is 0 Å². The summed E-state index contributed by atoms with van der Waals surface area (Å²) in [6, 6.07) is 11.7. The van der Waals surface area contributed by atoms with Gasteiger partial charge < -0.3 is 18.6 Å². The van der Waals surface area contributed by atoms with E-state index in [0.29, 0.717) is 40.6 Å². The lowest BCUT2D eigenvalue weighted by Gasteiger charge is -2.12. The number of esters is 1. The Labute approximate surface area is 149 Å². The van der Waals surface area contributed by atoms with Crippen LogP contribution in [0.1, 0.15) is 19.6 Å². The van der Waals surface area contributed by atoms with Crippen molar-refractivity contribution in [2.45, 2.75) is 20.8 Å². The van der Waals surface area contributed by atoms with Gasteiger partial charge in [-0.15, -0.1) is 0 Å². The zero-order valence-electron chi connectivity index (χ0n) is 14.7. The van der Waals surface area contributed by atoms with Crippen LogP contribution < -0.4 is 19.6 Å². The largest absolute Gasteiger partial charge is 0.490 e. The Bertz CT molecular complexity index is 1020. The molecule has 1 heterocycles. The molecule has 0 amide bonds. The van der Waals surface area contributed by atoms with Gasteiger partial charge in [0, 0.05) is 13.0 Å². The van der Waals surface area contributed by atoms with Crippen LogP contribution >= 0.6 is 0 Å². The molecule has 0 spiro atoms. The number of carbonyl (C=O) groups excluding carboxylic acids is 1. The van der Waals surface area contributed by atoms with E-state index in [2.05, 4.69) is 0 Å². The molecule has 0 aliphatic rings. The molecule has 3 rings (SSSR count). The molecule has 3 aromatic rings. The van der Waals surface area contributed by atoms with Crippen molar-refractivity contribution in [2.75, 3.05) is 6.61 Å². The van der Waals surface area contributed by atoms with E-state index in [1.54, 1.807) is 31.2 Å². The van der Waals surface area contributed by atoms with Crippen molar-refractivity contribution in [1.29, 1.82) is 0 Å². The molecule has 0 unspecified atom stereocenters. The van der Waals surface area contributed by atoms with Gasteiger partial charge in [0.05, 0.1) is 12.0 Å². The van der Waals surface area contributed by atoms with Crippen LogP contribution in [-0.4, -0.2) is 12.6 Å². The van der Waals surface area contributed by atoms with E-state index in [-0.39, 0.29) is 11.2 Å². The van der Waals surface area contributed by atoms with Gasteiger partial charge in [-0.25, -0.2) is 0 Å². The molecule has 0 atom stereocenters. The van der Waals surface area contributed by atoms with Crippen LogP contribution in [0.15, 0.2) is 51.7 Å². The fourth-order valence-electron chi connectivity index (χ4n) is 2.54. The van der Waals surface area contributed by atoms with E-state index >= 15 is 0 Å². The van der Waals surface area contributed by atoms with Gasteiger partial charge in [-0.3, -0.25) is 9.59 Å². The summed E-state index contributed by atoms with van der Waals surface area (Å²) in [5.74, 6) is 1.23. The highest BCUT2D eigenvalue weighted by Crippen LogP contribution is 2.32. The highest BCUT2D eigenvalue weighted by atomic mass is 16.5. The maximum absolute atomic E-state index is 12.8. The van der Waals surface area contributed by atoms with Gasteiger partial charge in [0.2, 0.25) is 11.2 Å². The number of fused-ring (bicyclic) bond motifs is 1. The average Bonchev–Trinajstić information content (AvgIpc) is 2.59.